The Morgan fingerprint density at radius 3 is 1.69 bits per heavy atom. The van der Waals surface area contributed by atoms with Crippen molar-refractivity contribution in [3.8, 4) is 0 Å². The van der Waals surface area contributed by atoms with Crippen LogP contribution in [0, 0.1) is 13.8 Å². The quantitative estimate of drug-likeness (QED) is 0.518. The molecule has 0 amide bonds. The van der Waals surface area contributed by atoms with Crippen molar-refractivity contribution in [1.29, 1.82) is 0 Å². The molecule has 0 spiro atoms. The van der Waals surface area contributed by atoms with Gasteiger partial charge in [0.15, 0.2) is 0 Å². The van der Waals surface area contributed by atoms with Crippen LogP contribution in [-0.2, 0) is 0 Å². The zero-order valence-corrected chi connectivity index (χ0v) is 16.8. The van der Waals surface area contributed by atoms with Crippen molar-refractivity contribution in [2.75, 3.05) is 22.9 Å². The number of aryl methyl sites for hydroxylation is 2. The monoisotopic (exact) mass is 406 g/mol. The van der Waals surface area contributed by atoms with Gasteiger partial charge in [-0.15, -0.1) is 0 Å². The normalized spacial score (nSPS) is 14.9. The number of hydrogen-bond donors (Lipinski definition) is 0. The number of hydrogen-bond acceptors (Lipinski definition) is 2. The number of anilines is 2. The van der Waals surface area contributed by atoms with E-state index in [0.717, 1.165) is 17.6 Å². The summed E-state index contributed by atoms with van der Waals surface area (Å²) in [6.07, 6.45) is 0.201. The molecule has 1 aliphatic heterocycles. The molecular formula is C23H23BrN2. The predicted molar refractivity (Wildman–Crippen MR) is 114 cm³/mol. The maximum Gasteiger partial charge on any atom is 0.128 e. The second-order valence-electron chi connectivity index (χ2n) is 6.99. The molecule has 0 aromatic heterocycles. The molecule has 1 fully saturated rings. The number of nitrogens with zero attached hydrogens (tertiary/aromatic N) is 2. The van der Waals surface area contributed by atoms with Gasteiger partial charge < -0.3 is 9.80 Å². The number of halogens is 1. The maximum absolute atomic E-state index is 3.57. The Morgan fingerprint density at radius 1 is 0.731 bits per heavy atom. The van der Waals surface area contributed by atoms with Gasteiger partial charge in [-0.2, -0.15) is 0 Å². The highest BCUT2D eigenvalue weighted by Gasteiger charge is 2.33. The van der Waals surface area contributed by atoms with E-state index in [0.29, 0.717) is 0 Å². The number of rotatable bonds is 3. The summed E-state index contributed by atoms with van der Waals surface area (Å²) in [7, 11) is 0. The second kappa shape index (κ2) is 7.16. The molecule has 0 unspecified atom stereocenters. The molecule has 0 atom stereocenters. The third-order valence-corrected chi connectivity index (χ3v) is 5.54. The third-order valence-electron chi connectivity index (χ3n) is 5.01. The highest BCUT2D eigenvalue weighted by Crippen LogP contribution is 2.38. The molecule has 1 heterocycles. The first-order chi connectivity index (χ1) is 12.6. The second-order valence-corrected chi connectivity index (χ2v) is 7.91. The lowest BCUT2D eigenvalue weighted by molar-refractivity contribution is 0.717. The van der Waals surface area contributed by atoms with Crippen molar-refractivity contribution >= 4 is 27.3 Å². The molecule has 0 saturated carbocycles. The summed E-state index contributed by atoms with van der Waals surface area (Å²) in [5.41, 5.74) is 6.48. The predicted octanol–water partition coefficient (Wildman–Crippen LogP) is 6.09. The lowest BCUT2D eigenvalue weighted by Crippen LogP contribution is -2.31. The standard InChI is InChI=1S/C23H23BrN2/c1-17-5-3-7-21(15-17)25-13-14-26(22-8-4-6-18(2)16-22)23(25)19-9-11-20(24)12-10-19/h3-12,15-16,23H,13-14H2,1-2H3. The Bertz CT molecular complexity index is 851. The van der Waals surface area contributed by atoms with Gasteiger partial charge >= 0.3 is 0 Å². The average Bonchev–Trinajstić information content (AvgIpc) is 3.07. The molecule has 4 rings (SSSR count). The first-order valence-corrected chi connectivity index (χ1v) is 9.83. The van der Waals surface area contributed by atoms with Crippen molar-refractivity contribution in [2.24, 2.45) is 0 Å². The summed E-state index contributed by atoms with van der Waals surface area (Å²) >= 11 is 3.57. The van der Waals surface area contributed by atoms with E-state index in [1.54, 1.807) is 0 Å². The van der Waals surface area contributed by atoms with E-state index in [1.807, 2.05) is 0 Å². The Hall–Kier alpha value is -2.26. The summed E-state index contributed by atoms with van der Waals surface area (Å²) < 4.78 is 1.11. The SMILES string of the molecule is Cc1cccc(N2CCN(c3cccc(C)c3)C2c2ccc(Br)cc2)c1. The van der Waals surface area contributed by atoms with Gasteiger partial charge in [0.25, 0.3) is 0 Å². The van der Waals surface area contributed by atoms with E-state index in [9.17, 15) is 0 Å². The van der Waals surface area contributed by atoms with Crippen LogP contribution in [0.15, 0.2) is 77.3 Å². The average molecular weight is 407 g/mol. The van der Waals surface area contributed by atoms with Crippen LogP contribution in [0.4, 0.5) is 11.4 Å². The Balaban J connectivity index is 1.78. The fourth-order valence-corrected chi connectivity index (χ4v) is 4.04. The van der Waals surface area contributed by atoms with Crippen molar-refractivity contribution in [1.82, 2.24) is 0 Å². The van der Waals surface area contributed by atoms with Gasteiger partial charge in [-0.1, -0.05) is 52.3 Å². The Labute approximate surface area is 164 Å². The first kappa shape index (κ1) is 17.2. The van der Waals surface area contributed by atoms with Crippen molar-refractivity contribution in [3.05, 3.63) is 94.0 Å². The van der Waals surface area contributed by atoms with Crippen molar-refractivity contribution in [2.45, 2.75) is 20.0 Å². The molecule has 0 bridgehead atoms. The van der Waals surface area contributed by atoms with E-state index in [-0.39, 0.29) is 6.17 Å². The zero-order chi connectivity index (χ0) is 18.1. The molecule has 0 radical (unpaired) electrons. The Kier molecular flexibility index (Phi) is 4.73. The van der Waals surface area contributed by atoms with Gasteiger partial charge in [0.2, 0.25) is 0 Å². The highest BCUT2D eigenvalue weighted by molar-refractivity contribution is 9.10. The molecule has 3 heteroatoms. The van der Waals surface area contributed by atoms with Crippen LogP contribution in [0.2, 0.25) is 0 Å². The fourth-order valence-electron chi connectivity index (χ4n) is 3.78. The summed E-state index contributed by atoms with van der Waals surface area (Å²) in [6, 6.07) is 26.4. The summed E-state index contributed by atoms with van der Waals surface area (Å²) in [4.78, 5) is 5.02. The van der Waals surface area contributed by atoms with Crippen LogP contribution in [0.25, 0.3) is 0 Å². The molecule has 2 nitrogen and oxygen atoms in total. The highest BCUT2D eigenvalue weighted by atomic mass is 79.9. The zero-order valence-electron chi connectivity index (χ0n) is 15.2. The summed E-state index contributed by atoms with van der Waals surface area (Å²) in [5.74, 6) is 0. The van der Waals surface area contributed by atoms with E-state index in [2.05, 4.69) is 112 Å². The van der Waals surface area contributed by atoms with Crippen molar-refractivity contribution in [3.63, 3.8) is 0 Å². The van der Waals surface area contributed by atoms with E-state index >= 15 is 0 Å². The molecule has 0 N–H and O–H groups in total. The van der Waals surface area contributed by atoms with Gasteiger partial charge in [0, 0.05) is 28.9 Å². The molecule has 0 aliphatic carbocycles. The molecule has 3 aromatic rings. The third kappa shape index (κ3) is 3.36. The lowest BCUT2D eigenvalue weighted by Gasteiger charge is -2.33. The van der Waals surface area contributed by atoms with Gasteiger partial charge in [-0.3, -0.25) is 0 Å². The smallest absolute Gasteiger partial charge is 0.128 e. The van der Waals surface area contributed by atoms with Crippen LogP contribution in [0.1, 0.15) is 22.9 Å². The minimum absolute atomic E-state index is 0.201. The maximum atomic E-state index is 3.57. The van der Waals surface area contributed by atoms with Gasteiger partial charge in [-0.05, 0) is 66.9 Å². The topological polar surface area (TPSA) is 6.48 Å². The van der Waals surface area contributed by atoms with E-state index in [1.165, 1.54) is 28.1 Å². The van der Waals surface area contributed by atoms with Gasteiger partial charge in [0.1, 0.15) is 6.17 Å². The number of benzene rings is 3. The molecular weight excluding hydrogens is 384 g/mol. The minimum Gasteiger partial charge on any atom is -0.346 e. The van der Waals surface area contributed by atoms with Gasteiger partial charge in [-0.25, -0.2) is 0 Å². The van der Waals surface area contributed by atoms with Crippen molar-refractivity contribution < 1.29 is 0 Å². The first-order valence-electron chi connectivity index (χ1n) is 9.04. The van der Waals surface area contributed by atoms with Crippen LogP contribution >= 0.6 is 15.9 Å². The minimum atomic E-state index is 0.201. The molecule has 132 valence electrons. The van der Waals surface area contributed by atoms with Crippen LogP contribution in [0.3, 0.4) is 0 Å². The molecule has 1 saturated heterocycles. The lowest BCUT2D eigenvalue weighted by atomic mass is 10.1. The van der Waals surface area contributed by atoms with Crippen LogP contribution < -0.4 is 9.80 Å². The van der Waals surface area contributed by atoms with Gasteiger partial charge in [0.05, 0.1) is 0 Å². The fraction of sp³-hybridized carbons (Fsp3) is 0.217. The molecule has 3 aromatic carbocycles. The van der Waals surface area contributed by atoms with Crippen LogP contribution in [0.5, 0.6) is 0 Å². The summed E-state index contributed by atoms with van der Waals surface area (Å²) in [6.45, 7) is 6.34. The Morgan fingerprint density at radius 2 is 1.23 bits per heavy atom. The largest absolute Gasteiger partial charge is 0.346 e. The molecule has 26 heavy (non-hydrogen) atoms. The molecule has 1 aliphatic rings. The van der Waals surface area contributed by atoms with E-state index in [4.69, 9.17) is 0 Å². The summed E-state index contributed by atoms with van der Waals surface area (Å²) in [5, 5.41) is 0. The van der Waals surface area contributed by atoms with E-state index < -0.39 is 0 Å². The van der Waals surface area contributed by atoms with Crippen LogP contribution in [-0.4, -0.2) is 13.1 Å².